The van der Waals surface area contributed by atoms with Crippen LogP contribution in [0.25, 0.3) is 10.9 Å². The van der Waals surface area contributed by atoms with E-state index in [1.807, 2.05) is 0 Å². The van der Waals surface area contributed by atoms with Crippen molar-refractivity contribution in [3.8, 4) is 0 Å². The number of nitrogens with one attached hydrogen (secondary N) is 3. The van der Waals surface area contributed by atoms with E-state index >= 15 is 0 Å². The molecule has 1 aromatic carbocycles. The number of amides is 1. The van der Waals surface area contributed by atoms with Crippen molar-refractivity contribution in [1.29, 1.82) is 0 Å². The summed E-state index contributed by atoms with van der Waals surface area (Å²) in [5, 5.41) is 6.91. The van der Waals surface area contributed by atoms with Gasteiger partial charge in [0.25, 0.3) is 11.5 Å². The lowest BCUT2D eigenvalue weighted by Crippen LogP contribution is -2.22. The van der Waals surface area contributed by atoms with E-state index in [0.717, 1.165) is 5.69 Å². The van der Waals surface area contributed by atoms with Crippen LogP contribution in [0, 0.1) is 11.7 Å². The molecule has 7 nitrogen and oxygen atoms in total. The molecule has 0 spiro atoms. The zero-order chi connectivity index (χ0) is 15.7. The minimum absolute atomic E-state index is 0.215. The van der Waals surface area contributed by atoms with E-state index in [0.29, 0.717) is 22.2 Å². The molecule has 112 valence electrons. The highest BCUT2D eigenvalue weighted by Crippen LogP contribution is 2.10. The summed E-state index contributed by atoms with van der Waals surface area (Å²) in [4.78, 5) is 29.2. The van der Waals surface area contributed by atoms with Crippen LogP contribution in [-0.2, 0) is 6.54 Å². The molecule has 0 fully saturated rings. The fourth-order valence-corrected chi connectivity index (χ4v) is 2.28. The van der Waals surface area contributed by atoms with E-state index in [4.69, 9.17) is 16.7 Å². The average molecular weight is 316 g/mol. The van der Waals surface area contributed by atoms with Crippen LogP contribution in [0.2, 0.25) is 0 Å². The highest BCUT2D eigenvalue weighted by molar-refractivity contribution is 7.71. The molecular formula is C14H12N4O3S. The monoisotopic (exact) mass is 316 g/mol. The minimum Gasteiger partial charge on any atom is -0.359 e. The number of hydrogen-bond acceptors (Lipinski definition) is 5. The summed E-state index contributed by atoms with van der Waals surface area (Å²) in [7, 11) is 0. The Hall–Kier alpha value is -2.74. The standard InChI is InChI=1S/C14H12N4O3S/c1-7-4-9(21-18-7)6-15-12(19)8-2-3-10-11(5-8)16-14(22)17-13(10)20/h2-5H,6H2,1H3,(H,15,19)(H2,16,17,20,22). The number of aryl methyl sites for hydroxylation is 1. The van der Waals surface area contributed by atoms with Crippen LogP contribution < -0.4 is 10.9 Å². The number of H-pyrrole nitrogens is 2. The summed E-state index contributed by atoms with van der Waals surface area (Å²) >= 11 is 4.92. The first-order chi connectivity index (χ1) is 10.5. The summed E-state index contributed by atoms with van der Waals surface area (Å²) in [5.74, 6) is 0.290. The first kappa shape index (κ1) is 14.2. The van der Waals surface area contributed by atoms with Gasteiger partial charge in [-0.3, -0.25) is 14.6 Å². The zero-order valence-corrected chi connectivity index (χ0v) is 12.4. The van der Waals surface area contributed by atoms with Crippen molar-refractivity contribution >= 4 is 29.0 Å². The van der Waals surface area contributed by atoms with Crippen LogP contribution in [0.15, 0.2) is 33.6 Å². The van der Waals surface area contributed by atoms with Crippen LogP contribution >= 0.6 is 12.2 Å². The number of rotatable bonds is 3. The van der Waals surface area contributed by atoms with Crippen molar-refractivity contribution in [2.45, 2.75) is 13.5 Å². The Morgan fingerprint density at radius 3 is 2.91 bits per heavy atom. The lowest BCUT2D eigenvalue weighted by Gasteiger charge is -2.04. The highest BCUT2D eigenvalue weighted by Gasteiger charge is 2.09. The number of carbonyl (C=O) groups excluding carboxylic acids is 1. The van der Waals surface area contributed by atoms with Gasteiger partial charge in [-0.2, -0.15) is 0 Å². The SMILES string of the molecule is Cc1cc(CNC(=O)c2ccc3c(=O)[nH]c(=S)[nH]c3c2)on1. The predicted octanol–water partition coefficient (Wildman–Crippen LogP) is 1.81. The van der Waals surface area contributed by atoms with Gasteiger partial charge in [0.2, 0.25) is 0 Å². The molecular weight excluding hydrogens is 304 g/mol. The van der Waals surface area contributed by atoms with Crippen LogP contribution in [0.1, 0.15) is 21.8 Å². The second-order valence-electron chi connectivity index (χ2n) is 4.79. The topological polar surface area (TPSA) is 104 Å². The largest absolute Gasteiger partial charge is 0.359 e. The Balaban J connectivity index is 1.84. The van der Waals surface area contributed by atoms with Gasteiger partial charge in [-0.25, -0.2) is 0 Å². The van der Waals surface area contributed by atoms with Crippen LogP contribution in [0.5, 0.6) is 0 Å². The molecule has 0 saturated carbocycles. The quantitative estimate of drug-likeness (QED) is 0.639. The number of aromatic nitrogens is 3. The van der Waals surface area contributed by atoms with Gasteiger partial charge in [0.15, 0.2) is 10.5 Å². The van der Waals surface area contributed by atoms with E-state index in [9.17, 15) is 9.59 Å². The van der Waals surface area contributed by atoms with E-state index in [1.54, 1.807) is 31.2 Å². The number of aromatic amines is 2. The maximum atomic E-state index is 12.1. The molecule has 0 atom stereocenters. The van der Waals surface area contributed by atoms with Gasteiger partial charge in [-0.05, 0) is 37.3 Å². The Morgan fingerprint density at radius 2 is 2.18 bits per heavy atom. The Kier molecular flexibility index (Phi) is 3.60. The van der Waals surface area contributed by atoms with Gasteiger partial charge < -0.3 is 14.8 Å². The molecule has 3 aromatic rings. The molecule has 0 radical (unpaired) electrons. The van der Waals surface area contributed by atoms with Gasteiger partial charge in [0, 0.05) is 11.6 Å². The smallest absolute Gasteiger partial charge is 0.259 e. The molecule has 0 aliphatic rings. The summed E-state index contributed by atoms with van der Waals surface area (Å²) in [6.45, 7) is 2.04. The lowest BCUT2D eigenvalue weighted by atomic mass is 10.1. The van der Waals surface area contributed by atoms with Crippen LogP contribution in [-0.4, -0.2) is 21.0 Å². The van der Waals surface area contributed by atoms with Crippen molar-refractivity contribution in [2.24, 2.45) is 0 Å². The molecule has 0 unspecified atom stereocenters. The molecule has 2 heterocycles. The van der Waals surface area contributed by atoms with Crippen molar-refractivity contribution in [1.82, 2.24) is 20.4 Å². The Bertz CT molecular complexity index is 970. The fourth-order valence-electron chi connectivity index (χ4n) is 2.08. The minimum atomic E-state index is -0.289. The number of carbonyl (C=O) groups is 1. The third kappa shape index (κ3) is 2.82. The van der Waals surface area contributed by atoms with E-state index in [2.05, 4.69) is 20.4 Å². The highest BCUT2D eigenvalue weighted by atomic mass is 32.1. The van der Waals surface area contributed by atoms with Crippen LogP contribution in [0.3, 0.4) is 0 Å². The molecule has 0 aliphatic carbocycles. The maximum Gasteiger partial charge on any atom is 0.259 e. The van der Waals surface area contributed by atoms with E-state index in [1.165, 1.54) is 0 Å². The third-order valence-electron chi connectivity index (χ3n) is 3.10. The number of hydrogen-bond donors (Lipinski definition) is 3. The summed E-state index contributed by atoms with van der Waals surface area (Å²) in [6, 6.07) is 6.49. The van der Waals surface area contributed by atoms with Crippen molar-refractivity contribution in [3.05, 3.63) is 56.4 Å². The summed E-state index contributed by atoms with van der Waals surface area (Å²) in [6.07, 6.45) is 0. The van der Waals surface area contributed by atoms with Crippen LogP contribution in [0.4, 0.5) is 0 Å². The van der Waals surface area contributed by atoms with Crippen molar-refractivity contribution < 1.29 is 9.32 Å². The first-order valence-corrected chi connectivity index (χ1v) is 6.90. The van der Waals surface area contributed by atoms with Gasteiger partial charge in [-0.15, -0.1) is 0 Å². The molecule has 1 amide bonds. The molecule has 0 aliphatic heterocycles. The van der Waals surface area contributed by atoms with Gasteiger partial charge in [-0.1, -0.05) is 5.16 Å². The molecule has 3 rings (SSSR count). The number of benzene rings is 1. The fraction of sp³-hybridized carbons (Fsp3) is 0.143. The van der Waals surface area contributed by atoms with E-state index < -0.39 is 0 Å². The Labute approximate surface area is 129 Å². The Morgan fingerprint density at radius 1 is 1.36 bits per heavy atom. The van der Waals surface area contributed by atoms with E-state index in [-0.39, 0.29) is 22.8 Å². The second-order valence-corrected chi connectivity index (χ2v) is 5.19. The lowest BCUT2D eigenvalue weighted by molar-refractivity contribution is 0.0947. The number of nitrogens with zero attached hydrogens (tertiary/aromatic N) is 1. The van der Waals surface area contributed by atoms with Gasteiger partial charge in [0.1, 0.15) is 0 Å². The molecule has 3 N–H and O–H groups in total. The average Bonchev–Trinajstić information content (AvgIpc) is 2.89. The predicted molar refractivity (Wildman–Crippen MR) is 82.2 cm³/mol. The molecule has 2 aromatic heterocycles. The van der Waals surface area contributed by atoms with Crippen molar-refractivity contribution in [2.75, 3.05) is 0 Å². The zero-order valence-electron chi connectivity index (χ0n) is 11.6. The normalized spacial score (nSPS) is 10.8. The van der Waals surface area contributed by atoms with Gasteiger partial charge >= 0.3 is 0 Å². The van der Waals surface area contributed by atoms with Crippen molar-refractivity contribution in [3.63, 3.8) is 0 Å². The molecule has 8 heteroatoms. The summed E-state index contributed by atoms with van der Waals surface area (Å²) < 4.78 is 5.24. The van der Waals surface area contributed by atoms with Gasteiger partial charge in [0.05, 0.1) is 23.1 Å². The molecule has 22 heavy (non-hydrogen) atoms. The third-order valence-corrected chi connectivity index (χ3v) is 3.31. The summed E-state index contributed by atoms with van der Waals surface area (Å²) in [5.41, 5.74) is 1.39. The molecule has 0 saturated heterocycles. The number of fused-ring (bicyclic) bond motifs is 1. The maximum absolute atomic E-state index is 12.1. The molecule has 0 bridgehead atoms. The second kappa shape index (κ2) is 5.57. The first-order valence-electron chi connectivity index (χ1n) is 6.50.